The Morgan fingerprint density at radius 1 is 0.611 bits per heavy atom. The summed E-state index contributed by atoms with van der Waals surface area (Å²) >= 11 is 0. The molecule has 2 heterocycles. The van der Waals surface area contributed by atoms with Crippen LogP contribution in [0.5, 0.6) is 11.5 Å². The number of aryl methyl sites for hydroxylation is 1. The van der Waals surface area contributed by atoms with Gasteiger partial charge in [-0.1, -0.05) is 78.9 Å². The summed E-state index contributed by atoms with van der Waals surface area (Å²) < 4.78 is 8.20. The van der Waals surface area contributed by atoms with Crippen LogP contribution in [0.2, 0.25) is 0 Å². The summed E-state index contributed by atoms with van der Waals surface area (Å²) in [6.07, 6.45) is 3.72. The molecule has 0 atom stereocenters. The van der Waals surface area contributed by atoms with Crippen LogP contribution < -0.4 is 4.74 Å². The third-order valence-electron chi connectivity index (χ3n) is 5.91. The summed E-state index contributed by atoms with van der Waals surface area (Å²) in [5.74, 6) is 2.32. The summed E-state index contributed by atoms with van der Waals surface area (Å²) in [5.41, 5.74) is 5.49. The second-order valence-corrected chi connectivity index (χ2v) is 8.41. The number of ether oxygens (including phenoxy) is 1. The number of hydrogen-bond donors (Lipinski definition) is 0. The molecular formula is C30H23N5O. The Hall–Kier alpha value is -4.97. The van der Waals surface area contributed by atoms with E-state index in [0.717, 1.165) is 45.3 Å². The van der Waals surface area contributed by atoms with E-state index in [1.54, 1.807) is 11.0 Å². The number of benzene rings is 4. The fourth-order valence-corrected chi connectivity index (χ4v) is 4.15. The van der Waals surface area contributed by atoms with Gasteiger partial charge in [-0.15, -0.1) is 10.2 Å². The molecule has 0 saturated heterocycles. The highest BCUT2D eigenvalue weighted by Gasteiger charge is 2.16. The molecular weight excluding hydrogens is 446 g/mol. The van der Waals surface area contributed by atoms with Crippen molar-refractivity contribution in [2.24, 2.45) is 7.05 Å². The predicted octanol–water partition coefficient (Wildman–Crippen LogP) is 6.79. The van der Waals surface area contributed by atoms with Crippen molar-refractivity contribution in [2.75, 3.05) is 0 Å². The highest BCUT2D eigenvalue weighted by Crippen LogP contribution is 2.31. The van der Waals surface area contributed by atoms with Gasteiger partial charge in [0.05, 0.1) is 5.69 Å². The average Bonchev–Trinajstić information content (AvgIpc) is 3.57. The lowest BCUT2D eigenvalue weighted by Gasteiger charge is -2.09. The van der Waals surface area contributed by atoms with Gasteiger partial charge in [0, 0.05) is 42.2 Å². The van der Waals surface area contributed by atoms with Crippen molar-refractivity contribution < 1.29 is 4.74 Å². The Morgan fingerprint density at radius 3 is 1.81 bits per heavy atom. The zero-order valence-corrected chi connectivity index (χ0v) is 19.7. The smallest absolute Gasteiger partial charge is 0.139 e. The van der Waals surface area contributed by atoms with E-state index in [-0.39, 0.29) is 0 Å². The molecule has 0 unspecified atom stereocenters. The van der Waals surface area contributed by atoms with Gasteiger partial charge in [-0.2, -0.15) is 4.80 Å². The van der Waals surface area contributed by atoms with E-state index in [0.29, 0.717) is 5.75 Å². The first-order chi connectivity index (χ1) is 17.7. The molecule has 2 aromatic heterocycles. The maximum absolute atomic E-state index is 6.22. The van der Waals surface area contributed by atoms with Crippen LogP contribution in [0.25, 0.3) is 39.6 Å². The number of imidazole rings is 1. The molecule has 0 aliphatic rings. The van der Waals surface area contributed by atoms with Crippen molar-refractivity contribution in [1.82, 2.24) is 24.5 Å². The second-order valence-electron chi connectivity index (χ2n) is 8.41. The van der Waals surface area contributed by atoms with E-state index in [1.807, 2.05) is 103 Å². The summed E-state index contributed by atoms with van der Waals surface area (Å²) in [7, 11) is 1.98. The van der Waals surface area contributed by atoms with Crippen LogP contribution >= 0.6 is 0 Å². The molecule has 0 saturated carbocycles. The molecule has 0 fully saturated rings. The molecule has 6 heteroatoms. The number of rotatable bonds is 6. The summed E-state index contributed by atoms with van der Waals surface area (Å²) in [4.78, 5) is 6.10. The van der Waals surface area contributed by atoms with Crippen molar-refractivity contribution in [2.45, 2.75) is 0 Å². The normalized spacial score (nSPS) is 10.9. The van der Waals surface area contributed by atoms with Gasteiger partial charge in [-0.3, -0.25) is 0 Å². The monoisotopic (exact) mass is 469 g/mol. The van der Waals surface area contributed by atoms with Crippen LogP contribution in [-0.4, -0.2) is 24.5 Å². The Balaban J connectivity index is 1.35. The minimum atomic E-state index is 0.698. The van der Waals surface area contributed by atoms with E-state index in [1.165, 1.54) is 0 Å². The highest BCUT2D eigenvalue weighted by atomic mass is 16.5. The molecule has 0 amide bonds. The first-order valence-corrected chi connectivity index (χ1v) is 11.7. The van der Waals surface area contributed by atoms with Crippen LogP contribution in [0.3, 0.4) is 0 Å². The summed E-state index contributed by atoms with van der Waals surface area (Å²) in [6, 6.07) is 35.9. The molecule has 4 aromatic carbocycles. The molecule has 0 aliphatic heterocycles. The second kappa shape index (κ2) is 9.35. The fourth-order valence-electron chi connectivity index (χ4n) is 4.15. The molecule has 36 heavy (non-hydrogen) atoms. The molecule has 0 bridgehead atoms. The zero-order valence-electron chi connectivity index (χ0n) is 19.7. The van der Waals surface area contributed by atoms with Crippen LogP contribution in [0.4, 0.5) is 0 Å². The lowest BCUT2D eigenvalue weighted by atomic mass is 10.1. The first-order valence-electron chi connectivity index (χ1n) is 11.7. The van der Waals surface area contributed by atoms with Gasteiger partial charge < -0.3 is 9.30 Å². The first kappa shape index (κ1) is 21.6. The van der Waals surface area contributed by atoms with E-state index >= 15 is 0 Å². The number of aromatic nitrogens is 5. The quantitative estimate of drug-likeness (QED) is 0.269. The molecule has 6 rings (SSSR count). The SMILES string of the molecule is Cn1ccnc1-c1cccc(Oc2cccc(-n3nc(-c4ccccc4)c(-c4ccccc4)n3)c2)c1. The Bertz CT molecular complexity index is 1560. The van der Waals surface area contributed by atoms with Crippen LogP contribution in [0.1, 0.15) is 0 Å². The summed E-state index contributed by atoms with van der Waals surface area (Å²) in [5, 5.41) is 9.74. The van der Waals surface area contributed by atoms with Crippen molar-refractivity contribution in [3.8, 4) is 51.1 Å². The van der Waals surface area contributed by atoms with Gasteiger partial charge in [-0.25, -0.2) is 4.98 Å². The molecule has 6 aromatic rings. The largest absolute Gasteiger partial charge is 0.457 e. The van der Waals surface area contributed by atoms with E-state index in [2.05, 4.69) is 29.2 Å². The predicted molar refractivity (Wildman–Crippen MR) is 141 cm³/mol. The molecule has 0 radical (unpaired) electrons. The standard InChI is InChI=1S/C30H23N5O/c1-34-19-18-31-30(34)24-14-8-16-26(20-24)36-27-17-9-15-25(21-27)35-32-28(22-10-4-2-5-11-22)29(33-35)23-12-6-3-7-13-23/h2-21H,1H3. The van der Waals surface area contributed by atoms with Crippen LogP contribution in [0, 0.1) is 0 Å². The zero-order chi connectivity index (χ0) is 24.3. The van der Waals surface area contributed by atoms with E-state index in [4.69, 9.17) is 14.9 Å². The third-order valence-corrected chi connectivity index (χ3v) is 5.91. The van der Waals surface area contributed by atoms with E-state index in [9.17, 15) is 0 Å². The van der Waals surface area contributed by atoms with Crippen molar-refractivity contribution in [1.29, 1.82) is 0 Å². The molecule has 174 valence electrons. The van der Waals surface area contributed by atoms with Crippen molar-refractivity contribution in [3.05, 3.63) is 122 Å². The fraction of sp³-hybridized carbons (Fsp3) is 0.0333. The van der Waals surface area contributed by atoms with E-state index < -0.39 is 0 Å². The van der Waals surface area contributed by atoms with Gasteiger partial charge in [-0.05, 0) is 24.3 Å². The van der Waals surface area contributed by atoms with Crippen LogP contribution in [-0.2, 0) is 7.05 Å². The van der Waals surface area contributed by atoms with Gasteiger partial charge in [0.1, 0.15) is 28.7 Å². The number of nitrogens with zero attached hydrogens (tertiary/aromatic N) is 5. The topological polar surface area (TPSA) is 57.8 Å². The van der Waals surface area contributed by atoms with Gasteiger partial charge >= 0.3 is 0 Å². The van der Waals surface area contributed by atoms with Crippen molar-refractivity contribution >= 4 is 0 Å². The maximum Gasteiger partial charge on any atom is 0.139 e. The molecule has 0 spiro atoms. The van der Waals surface area contributed by atoms with Gasteiger partial charge in [0.2, 0.25) is 0 Å². The Morgan fingerprint density at radius 2 is 1.19 bits per heavy atom. The Labute approximate surface area is 209 Å². The maximum atomic E-state index is 6.22. The summed E-state index contributed by atoms with van der Waals surface area (Å²) in [6.45, 7) is 0. The average molecular weight is 470 g/mol. The lowest BCUT2D eigenvalue weighted by Crippen LogP contribution is -1.99. The minimum absolute atomic E-state index is 0.698. The molecule has 6 nitrogen and oxygen atoms in total. The molecule has 0 N–H and O–H groups in total. The number of hydrogen-bond acceptors (Lipinski definition) is 4. The minimum Gasteiger partial charge on any atom is -0.457 e. The van der Waals surface area contributed by atoms with Gasteiger partial charge in [0.15, 0.2) is 0 Å². The Kier molecular flexibility index (Phi) is 5.60. The van der Waals surface area contributed by atoms with Crippen molar-refractivity contribution in [3.63, 3.8) is 0 Å². The van der Waals surface area contributed by atoms with Crippen LogP contribution in [0.15, 0.2) is 122 Å². The molecule has 0 aliphatic carbocycles. The lowest BCUT2D eigenvalue weighted by molar-refractivity contribution is 0.482. The van der Waals surface area contributed by atoms with Gasteiger partial charge in [0.25, 0.3) is 0 Å². The third kappa shape index (κ3) is 4.28. The highest BCUT2D eigenvalue weighted by molar-refractivity contribution is 5.77.